The molecule has 6 heteroatoms. The zero-order valence-corrected chi connectivity index (χ0v) is 13.0. The molecule has 0 aliphatic rings. The molecule has 2 rings (SSSR count). The zero-order chi connectivity index (χ0) is 14.0. The second kappa shape index (κ2) is 5.79. The van der Waals surface area contributed by atoms with Crippen molar-refractivity contribution in [3.63, 3.8) is 0 Å². The maximum atomic E-state index is 13.4. The number of amides is 1. The predicted molar refractivity (Wildman–Crippen MR) is 78.7 cm³/mol. The SMILES string of the molecule is Cc1cc(Br)cnc1NC(=O)c1cccc(F)c1Br. The van der Waals surface area contributed by atoms with Gasteiger partial charge < -0.3 is 5.32 Å². The van der Waals surface area contributed by atoms with Gasteiger partial charge in [0.1, 0.15) is 11.6 Å². The van der Waals surface area contributed by atoms with E-state index < -0.39 is 11.7 Å². The quantitative estimate of drug-likeness (QED) is 0.834. The first kappa shape index (κ1) is 14.1. The van der Waals surface area contributed by atoms with E-state index in [9.17, 15) is 9.18 Å². The highest BCUT2D eigenvalue weighted by molar-refractivity contribution is 9.10. The molecule has 0 atom stereocenters. The lowest BCUT2D eigenvalue weighted by molar-refractivity contribution is 0.102. The van der Waals surface area contributed by atoms with Gasteiger partial charge in [-0.15, -0.1) is 0 Å². The number of pyridine rings is 1. The van der Waals surface area contributed by atoms with Crippen LogP contribution in [0.4, 0.5) is 10.2 Å². The van der Waals surface area contributed by atoms with Gasteiger partial charge in [0.25, 0.3) is 5.91 Å². The van der Waals surface area contributed by atoms with E-state index in [1.54, 1.807) is 6.20 Å². The fourth-order valence-electron chi connectivity index (χ4n) is 1.53. The average molecular weight is 388 g/mol. The Morgan fingerprint density at radius 3 is 2.79 bits per heavy atom. The summed E-state index contributed by atoms with van der Waals surface area (Å²) in [6, 6.07) is 6.14. The highest BCUT2D eigenvalue weighted by Crippen LogP contribution is 2.22. The first-order valence-electron chi connectivity index (χ1n) is 5.36. The van der Waals surface area contributed by atoms with Gasteiger partial charge in [-0.05, 0) is 62.5 Å². The third-order valence-electron chi connectivity index (χ3n) is 2.47. The molecule has 2 aromatic rings. The number of anilines is 1. The molecule has 0 spiro atoms. The minimum absolute atomic E-state index is 0.141. The maximum absolute atomic E-state index is 13.4. The molecular formula is C13H9Br2FN2O. The standard InChI is InChI=1S/C13H9Br2FN2O/c1-7-5-8(14)6-17-12(7)18-13(19)9-3-2-4-10(16)11(9)15/h2-6H,1H3,(H,17,18,19). The van der Waals surface area contributed by atoms with Gasteiger partial charge in [-0.25, -0.2) is 9.37 Å². The van der Waals surface area contributed by atoms with Crippen molar-refractivity contribution in [3.8, 4) is 0 Å². The van der Waals surface area contributed by atoms with Gasteiger partial charge in [-0.2, -0.15) is 0 Å². The molecule has 0 saturated carbocycles. The van der Waals surface area contributed by atoms with Gasteiger partial charge in [-0.3, -0.25) is 4.79 Å². The summed E-state index contributed by atoms with van der Waals surface area (Å²) >= 11 is 6.36. The number of aromatic nitrogens is 1. The Labute approximate surface area is 126 Å². The molecule has 19 heavy (non-hydrogen) atoms. The fraction of sp³-hybridized carbons (Fsp3) is 0.0769. The number of benzene rings is 1. The van der Waals surface area contributed by atoms with Gasteiger partial charge in [0, 0.05) is 10.7 Å². The summed E-state index contributed by atoms with van der Waals surface area (Å²) in [5.74, 6) is -0.443. The topological polar surface area (TPSA) is 42.0 Å². The number of carbonyl (C=O) groups is 1. The van der Waals surface area contributed by atoms with Crippen LogP contribution in [0.25, 0.3) is 0 Å². The van der Waals surface area contributed by atoms with E-state index in [0.717, 1.165) is 10.0 Å². The van der Waals surface area contributed by atoms with Crippen molar-refractivity contribution in [2.45, 2.75) is 6.92 Å². The molecule has 1 heterocycles. The number of nitrogens with one attached hydrogen (secondary N) is 1. The van der Waals surface area contributed by atoms with Gasteiger partial charge in [0.05, 0.1) is 10.0 Å². The number of nitrogens with zero attached hydrogens (tertiary/aromatic N) is 1. The van der Waals surface area contributed by atoms with Crippen LogP contribution in [-0.2, 0) is 0 Å². The first-order chi connectivity index (χ1) is 8.99. The summed E-state index contributed by atoms with van der Waals surface area (Å²) in [5.41, 5.74) is 1.04. The average Bonchev–Trinajstić information content (AvgIpc) is 2.36. The van der Waals surface area contributed by atoms with Gasteiger partial charge in [0.15, 0.2) is 0 Å². The molecular weight excluding hydrogens is 379 g/mol. The van der Waals surface area contributed by atoms with Crippen molar-refractivity contribution in [2.24, 2.45) is 0 Å². The van der Waals surface area contributed by atoms with Crippen LogP contribution in [-0.4, -0.2) is 10.9 Å². The molecule has 1 aromatic carbocycles. The second-order valence-electron chi connectivity index (χ2n) is 3.87. The summed E-state index contributed by atoms with van der Waals surface area (Å²) in [6.07, 6.45) is 1.59. The number of rotatable bonds is 2. The molecule has 1 amide bonds. The Balaban J connectivity index is 2.28. The molecule has 0 unspecified atom stereocenters. The highest BCUT2D eigenvalue weighted by Gasteiger charge is 2.14. The molecule has 0 aliphatic carbocycles. The Morgan fingerprint density at radius 1 is 1.37 bits per heavy atom. The molecule has 1 aromatic heterocycles. The van der Waals surface area contributed by atoms with Gasteiger partial charge >= 0.3 is 0 Å². The molecule has 0 saturated heterocycles. The van der Waals surface area contributed by atoms with Crippen LogP contribution in [0.1, 0.15) is 15.9 Å². The number of halogens is 3. The maximum Gasteiger partial charge on any atom is 0.258 e. The normalized spacial score (nSPS) is 10.3. The first-order valence-corrected chi connectivity index (χ1v) is 6.95. The summed E-state index contributed by atoms with van der Waals surface area (Å²) in [4.78, 5) is 16.2. The van der Waals surface area contributed by atoms with Crippen LogP contribution in [0.2, 0.25) is 0 Å². The Morgan fingerprint density at radius 2 is 2.11 bits per heavy atom. The van der Waals surface area contributed by atoms with E-state index in [1.165, 1.54) is 18.2 Å². The highest BCUT2D eigenvalue weighted by atomic mass is 79.9. The third-order valence-corrected chi connectivity index (χ3v) is 3.71. The van der Waals surface area contributed by atoms with Crippen molar-refractivity contribution >= 4 is 43.6 Å². The van der Waals surface area contributed by atoms with Crippen LogP contribution in [0.15, 0.2) is 39.4 Å². The largest absolute Gasteiger partial charge is 0.306 e. The van der Waals surface area contributed by atoms with E-state index >= 15 is 0 Å². The molecule has 0 aliphatic heterocycles. The Hall–Kier alpha value is -1.27. The minimum Gasteiger partial charge on any atom is -0.306 e. The molecule has 1 N–H and O–H groups in total. The zero-order valence-electron chi connectivity index (χ0n) is 9.88. The summed E-state index contributed by atoms with van der Waals surface area (Å²) in [7, 11) is 0. The summed E-state index contributed by atoms with van der Waals surface area (Å²) < 4.78 is 14.3. The van der Waals surface area contributed by atoms with Crippen LogP contribution < -0.4 is 5.32 Å². The van der Waals surface area contributed by atoms with Gasteiger partial charge in [0.2, 0.25) is 0 Å². The minimum atomic E-state index is -0.479. The van der Waals surface area contributed by atoms with Crippen molar-refractivity contribution in [1.29, 1.82) is 0 Å². The lowest BCUT2D eigenvalue weighted by Crippen LogP contribution is -2.15. The van der Waals surface area contributed by atoms with Crippen LogP contribution in [0.5, 0.6) is 0 Å². The van der Waals surface area contributed by atoms with E-state index in [-0.39, 0.29) is 10.0 Å². The van der Waals surface area contributed by atoms with Crippen LogP contribution in [0, 0.1) is 12.7 Å². The number of hydrogen-bond donors (Lipinski definition) is 1. The smallest absolute Gasteiger partial charge is 0.258 e. The van der Waals surface area contributed by atoms with Gasteiger partial charge in [-0.1, -0.05) is 6.07 Å². The summed E-state index contributed by atoms with van der Waals surface area (Å²) in [6.45, 7) is 1.83. The van der Waals surface area contributed by atoms with E-state index in [1.807, 2.05) is 13.0 Å². The third kappa shape index (κ3) is 3.19. The van der Waals surface area contributed by atoms with E-state index in [4.69, 9.17) is 0 Å². The fourth-order valence-corrected chi connectivity index (χ4v) is 2.42. The molecule has 0 radical (unpaired) electrons. The lowest BCUT2D eigenvalue weighted by Gasteiger charge is -2.09. The number of carbonyl (C=O) groups excluding carboxylic acids is 1. The van der Waals surface area contributed by atoms with Crippen molar-refractivity contribution in [1.82, 2.24) is 4.98 Å². The number of aryl methyl sites for hydroxylation is 1. The second-order valence-corrected chi connectivity index (χ2v) is 5.58. The van der Waals surface area contributed by atoms with Crippen molar-refractivity contribution < 1.29 is 9.18 Å². The molecule has 0 fully saturated rings. The number of hydrogen-bond acceptors (Lipinski definition) is 2. The van der Waals surface area contributed by atoms with Crippen LogP contribution in [0.3, 0.4) is 0 Å². The molecule has 0 bridgehead atoms. The monoisotopic (exact) mass is 386 g/mol. The van der Waals surface area contributed by atoms with Crippen molar-refractivity contribution in [3.05, 3.63) is 56.4 Å². The van der Waals surface area contributed by atoms with Crippen LogP contribution >= 0.6 is 31.9 Å². The molecule has 98 valence electrons. The van der Waals surface area contributed by atoms with Crippen molar-refractivity contribution in [2.75, 3.05) is 5.32 Å². The summed E-state index contributed by atoms with van der Waals surface area (Å²) in [5, 5.41) is 2.65. The Kier molecular flexibility index (Phi) is 4.31. The predicted octanol–water partition coefficient (Wildman–Crippen LogP) is 4.31. The van der Waals surface area contributed by atoms with E-state index in [0.29, 0.717) is 5.82 Å². The van der Waals surface area contributed by atoms with E-state index in [2.05, 4.69) is 42.2 Å². The molecule has 3 nitrogen and oxygen atoms in total. The lowest BCUT2D eigenvalue weighted by atomic mass is 10.2. The Bertz CT molecular complexity index is 647.